The summed E-state index contributed by atoms with van der Waals surface area (Å²) in [5.41, 5.74) is 6.25. The molecule has 3 nitrogen and oxygen atoms in total. The molecule has 1 heterocycles. The van der Waals surface area contributed by atoms with E-state index in [4.69, 9.17) is 28.9 Å². The van der Waals surface area contributed by atoms with Gasteiger partial charge in [-0.3, -0.25) is 4.79 Å². The molecule has 1 saturated heterocycles. The number of likely N-dealkylation sites (tertiary alicyclic amines) is 1. The second kappa shape index (κ2) is 7.51. The second-order valence-corrected chi connectivity index (χ2v) is 5.99. The van der Waals surface area contributed by atoms with Crippen molar-refractivity contribution in [1.29, 1.82) is 0 Å². The number of halogens is 3. The van der Waals surface area contributed by atoms with E-state index in [9.17, 15) is 4.79 Å². The second-order valence-electron chi connectivity index (χ2n) is 5.14. The van der Waals surface area contributed by atoms with E-state index in [1.165, 1.54) is 0 Å². The van der Waals surface area contributed by atoms with Gasteiger partial charge in [0.05, 0.1) is 10.6 Å². The first-order valence-electron chi connectivity index (χ1n) is 6.49. The minimum atomic E-state index is -0.0742. The Morgan fingerprint density at radius 2 is 2.15 bits per heavy atom. The van der Waals surface area contributed by atoms with Crippen LogP contribution in [0.3, 0.4) is 0 Å². The molecular formula is C14H19Cl3N2O. The van der Waals surface area contributed by atoms with Gasteiger partial charge in [0, 0.05) is 24.2 Å². The highest BCUT2D eigenvalue weighted by Crippen LogP contribution is 2.27. The molecule has 0 radical (unpaired) electrons. The molecule has 0 aromatic heterocycles. The maximum Gasteiger partial charge on any atom is 0.255 e. The first-order chi connectivity index (χ1) is 9.02. The average Bonchev–Trinajstić information content (AvgIpc) is 2.40. The number of nitrogens with zero attached hydrogens (tertiary/aromatic N) is 1. The van der Waals surface area contributed by atoms with Gasteiger partial charge in [0.1, 0.15) is 0 Å². The van der Waals surface area contributed by atoms with Crippen LogP contribution in [-0.2, 0) is 0 Å². The summed E-state index contributed by atoms with van der Waals surface area (Å²) in [5, 5.41) is 0.950. The highest BCUT2D eigenvalue weighted by molar-refractivity contribution is 6.35. The summed E-state index contributed by atoms with van der Waals surface area (Å²) in [5.74, 6) is 0.530. The first-order valence-corrected chi connectivity index (χ1v) is 7.24. The lowest BCUT2D eigenvalue weighted by atomic mass is 9.92. The molecule has 1 aromatic carbocycles. The molecule has 0 saturated carbocycles. The van der Waals surface area contributed by atoms with Crippen LogP contribution < -0.4 is 5.73 Å². The Labute approximate surface area is 135 Å². The van der Waals surface area contributed by atoms with Crippen LogP contribution in [0.1, 0.15) is 30.1 Å². The van der Waals surface area contributed by atoms with Gasteiger partial charge in [-0.2, -0.15) is 0 Å². The smallest absolute Gasteiger partial charge is 0.255 e. The predicted octanol–water partition coefficient (Wildman–Crippen LogP) is 3.61. The number of benzene rings is 1. The van der Waals surface area contributed by atoms with Crippen LogP contribution in [0.2, 0.25) is 10.0 Å². The van der Waals surface area contributed by atoms with Gasteiger partial charge in [0.25, 0.3) is 5.91 Å². The third-order valence-electron chi connectivity index (χ3n) is 3.67. The van der Waals surface area contributed by atoms with Gasteiger partial charge >= 0.3 is 0 Å². The molecule has 0 bridgehead atoms. The van der Waals surface area contributed by atoms with E-state index >= 15 is 0 Å². The number of amides is 1. The van der Waals surface area contributed by atoms with E-state index in [1.807, 2.05) is 4.90 Å². The van der Waals surface area contributed by atoms with Crippen molar-refractivity contribution in [2.45, 2.75) is 25.8 Å². The molecule has 1 fully saturated rings. The number of carbonyl (C=O) groups excluding carboxylic acids is 1. The number of carbonyl (C=O) groups is 1. The van der Waals surface area contributed by atoms with Crippen molar-refractivity contribution in [3.63, 3.8) is 0 Å². The van der Waals surface area contributed by atoms with Crippen molar-refractivity contribution < 1.29 is 4.79 Å². The van der Waals surface area contributed by atoms with Gasteiger partial charge in [0.2, 0.25) is 0 Å². The zero-order chi connectivity index (χ0) is 14.0. The van der Waals surface area contributed by atoms with Crippen LogP contribution in [0.4, 0.5) is 0 Å². The van der Waals surface area contributed by atoms with Gasteiger partial charge in [0.15, 0.2) is 0 Å². The average molecular weight is 338 g/mol. The van der Waals surface area contributed by atoms with E-state index < -0.39 is 0 Å². The minimum Gasteiger partial charge on any atom is -0.334 e. The summed E-state index contributed by atoms with van der Waals surface area (Å²) in [6, 6.07) is 5.05. The van der Waals surface area contributed by atoms with Crippen LogP contribution in [0.5, 0.6) is 0 Å². The minimum absolute atomic E-state index is 0. The third kappa shape index (κ3) is 3.79. The molecule has 2 rings (SSSR count). The molecule has 1 aliphatic rings. The third-order valence-corrected chi connectivity index (χ3v) is 4.23. The maximum absolute atomic E-state index is 12.6. The molecule has 1 aromatic rings. The van der Waals surface area contributed by atoms with Gasteiger partial charge in [-0.1, -0.05) is 30.1 Å². The van der Waals surface area contributed by atoms with Gasteiger partial charge in [-0.05, 0) is 37.0 Å². The van der Waals surface area contributed by atoms with Gasteiger partial charge in [-0.25, -0.2) is 0 Å². The van der Waals surface area contributed by atoms with Crippen molar-refractivity contribution in [2.75, 3.05) is 13.1 Å². The zero-order valence-corrected chi connectivity index (χ0v) is 13.6. The fraction of sp³-hybridized carbons (Fsp3) is 0.500. The Morgan fingerprint density at radius 1 is 1.45 bits per heavy atom. The van der Waals surface area contributed by atoms with Crippen molar-refractivity contribution in [3.8, 4) is 0 Å². The summed E-state index contributed by atoms with van der Waals surface area (Å²) < 4.78 is 0. The number of rotatable bonds is 2. The number of nitrogens with two attached hydrogens (primary N) is 1. The van der Waals surface area contributed by atoms with Crippen LogP contribution in [0.15, 0.2) is 18.2 Å². The summed E-state index contributed by atoms with van der Waals surface area (Å²) in [4.78, 5) is 14.4. The summed E-state index contributed by atoms with van der Waals surface area (Å²) >= 11 is 12.0. The number of hydrogen-bond donors (Lipinski definition) is 1. The van der Waals surface area contributed by atoms with Gasteiger partial charge in [-0.15, -0.1) is 12.4 Å². The Hall–Kier alpha value is -0.480. The predicted molar refractivity (Wildman–Crippen MR) is 86.0 cm³/mol. The first kappa shape index (κ1) is 17.6. The molecule has 1 amide bonds. The standard InChI is InChI=1S/C14H18Cl2N2O.ClH/c1-9-4-5-18(11(6-9)8-17)14(19)12-7-10(15)2-3-13(12)16;/h2-3,7,9,11H,4-6,8,17H2,1H3;1H. The SMILES string of the molecule is CC1CCN(C(=O)c2cc(Cl)ccc2Cl)C(CN)C1.Cl. The lowest BCUT2D eigenvalue weighted by molar-refractivity contribution is 0.0574. The molecule has 2 N–H and O–H groups in total. The number of hydrogen-bond acceptors (Lipinski definition) is 2. The Kier molecular flexibility index (Phi) is 6.59. The molecule has 2 atom stereocenters. The molecule has 0 aliphatic carbocycles. The summed E-state index contributed by atoms with van der Waals surface area (Å²) in [7, 11) is 0. The molecule has 1 aliphatic heterocycles. The Balaban J connectivity index is 0.00000200. The van der Waals surface area contributed by atoms with Crippen LogP contribution >= 0.6 is 35.6 Å². The summed E-state index contributed by atoms with van der Waals surface area (Å²) in [6.07, 6.45) is 1.95. The monoisotopic (exact) mass is 336 g/mol. The largest absolute Gasteiger partial charge is 0.334 e. The van der Waals surface area contributed by atoms with E-state index in [0.29, 0.717) is 28.1 Å². The highest BCUT2D eigenvalue weighted by Gasteiger charge is 2.30. The number of piperidine rings is 1. The fourth-order valence-corrected chi connectivity index (χ4v) is 2.93. The molecule has 2 unspecified atom stereocenters. The lowest BCUT2D eigenvalue weighted by Crippen LogP contribution is -2.49. The molecule has 20 heavy (non-hydrogen) atoms. The maximum atomic E-state index is 12.6. The van der Waals surface area contributed by atoms with E-state index in [1.54, 1.807) is 18.2 Å². The normalized spacial score (nSPS) is 22.3. The van der Waals surface area contributed by atoms with Crippen molar-refractivity contribution in [3.05, 3.63) is 33.8 Å². The molecular weight excluding hydrogens is 319 g/mol. The quantitative estimate of drug-likeness (QED) is 0.896. The lowest BCUT2D eigenvalue weighted by Gasteiger charge is -2.38. The van der Waals surface area contributed by atoms with Crippen LogP contribution in [0.25, 0.3) is 0 Å². The van der Waals surface area contributed by atoms with E-state index in [2.05, 4.69) is 6.92 Å². The Bertz CT molecular complexity index is 481. The zero-order valence-electron chi connectivity index (χ0n) is 11.3. The molecule has 6 heteroatoms. The van der Waals surface area contributed by atoms with Crippen molar-refractivity contribution in [2.24, 2.45) is 11.7 Å². The highest BCUT2D eigenvalue weighted by atomic mass is 35.5. The van der Waals surface area contributed by atoms with Crippen LogP contribution in [-0.4, -0.2) is 29.9 Å². The van der Waals surface area contributed by atoms with Gasteiger partial charge < -0.3 is 10.6 Å². The van der Waals surface area contributed by atoms with Crippen molar-refractivity contribution in [1.82, 2.24) is 4.90 Å². The van der Waals surface area contributed by atoms with E-state index in [0.717, 1.165) is 19.4 Å². The molecule has 0 spiro atoms. The fourth-order valence-electron chi connectivity index (χ4n) is 2.56. The van der Waals surface area contributed by atoms with Crippen LogP contribution in [0, 0.1) is 5.92 Å². The Morgan fingerprint density at radius 3 is 2.80 bits per heavy atom. The topological polar surface area (TPSA) is 46.3 Å². The van der Waals surface area contributed by atoms with E-state index in [-0.39, 0.29) is 24.4 Å². The van der Waals surface area contributed by atoms with Crippen molar-refractivity contribution >= 4 is 41.5 Å². The molecule has 112 valence electrons. The summed E-state index contributed by atoms with van der Waals surface area (Å²) in [6.45, 7) is 3.40.